The van der Waals surface area contributed by atoms with E-state index in [9.17, 15) is 19.6 Å². The molecule has 0 saturated heterocycles. The number of nitrogens with zero attached hydrogens (tertiary/aromatic N) is 2. The molecule has 8 nitrogen and oxygen atoms in total. The van der Waals surface area contributed by atoms with Crippen molar-refractivity contribution in [3.63, 3.8) is 0 Å². The highest BCUT2D eigenvalue weighted by Gasteiger charge is 2.34. The van der Waals surface area contributed by atoms with Gasteiger partial charge in [-0.05, 0) is 66.5 Å². The van der Waals surface area contributed by atoms with Gasteiger partial charge in [0, 0.05) is 5.54 Å². The molecule has 1 aromatic rings. The van der Waals surface area contributed by atoms with Crippen LogP contribution in [0, 0.1) is 25.2 Å². The highest BCUT2D eigenvalue weighted by atomic mass is 16.6. The van der Waals surface area contributed by atoms with Crippen LogP contribution < -0.4 is 10.6 Å². The second-order valence-electron chi connectivity index (χ2n) is 9.54. The Morgan fingerprint density at radius 3 is 2.23 bits per heavy atom. The third-order valence-corrected chi connectivity index (χ3v) is 4.12. The molecule has 0 saturated carbocycles. The van der Waals surface area contributed by atoms with Gasteiger partial charge in [-0.1, -0.05) is 23.8 Å². The molecule has 0 fully saturated rings. The largest absolute Gasteiger partial charge is 0.444 e. The first-order valence-corrected chi connectivity index (χ1v) is 10.2. The van der Waals surface area contributed by atoms with Gasteiger partial charge in [0.25, 0.3) is 0 Å². The summed E-state index contributed by atoms with van der Waals surface area (Å²) in [5.74, 6) is -0.971. The van der Waals surface area contributed by atoms with Gasteiger partial charge >= 0.3 is 6.09 Å². The van der Waals surface area contributed by atoms with E-state index in [4.69, 9.17) is 4.74 Å². The number of aryl methyl sites for hydroxylation is 2. The van der Waals surface area contributed by atoms with Crippen molar-refractivity contribution in [2.24, 2.45) is 0 Å². The zero-order valence-electron chi connectivity index (χ0n) is 19.8. The zero-order chi connectivity index (χ0) is 24.0. The molecule has 1 aromatic carbocycles. The predicted octanol–water partition coefficient (Wildman–Crippen LogP) is 3.14. The van der Waals surface area contributed by atoms with E-state index >= 15 is 0 Å². The molecule has 0 aliphatic rings. The highest BCUT2D eigenvalue weighted by molar-refractivity contribution is 5.91. The first-order valence-electron chi connectivity index (χ1n) is 10.2. The van der Waals surface area contributed by atoms with Gasteiger partial charge in [0.15, 0.2) is 0 Å². The first-order chi connectivity index (χ1) is 14.1. The Morgan fingerprint density at radius 1 is 1.13 bits per heavy atom. The molecule has 1 unspecified atom stereocenters. The van der Waals surface area contributed by atoms with Crippen LogP contribution in [-0.4, -0.2) is 47.0 Å². The second-order valence-corrected chi connectivity index (χ2v) is 9.54. The minimum absolute atomic E-state index is 0.315. The molecule has 0 aromatic heterocycles. The standard InChI is InChI=1S/C23H34N4O4/c1-15-9-10-17(16(2)13-15)19(20(29)26-22(3,4)5)27(12-11-24)18(28)14-25-21(30)31-23(6,7)8/h9-10,13,19H,12,14H2,1-8H3,(H,25,30)(H,26,29). The predicted molar refractivity (Wildman–Crippen MR) is 118 cm³/mol. The quantitative estimate of drug-likeness (QED) is 0.674. The molecule has 0 aliphatic heterocycles. The Bertz CT molecular complexity index is 860. The minimum Gasteiger partial charge on any atom is -0.444 e. The van der Waals surface area contributed by atoms with Gasteiger partial charge in [-0.2, -0.15) is 5.26 Å². The zero-order valence-corrected chi connectivity index (χ0v) is 19.8. The van der Waals surface area contributed by atoms with Crippen LogP contribution in [0.25, 0.3) is 0 Å². The van der Waals surface area contributed by atoms with Crippen molar-refractivity contribution < 1.29 is 19.1 Å². The average Bonchev–Trinajstić information content (AvgIpc) is 2.58. The van der Waals surface area contributed by atoms with E-state index in [-0.39, 0.29) is 6.54 Å². The van der Waals surface area contributed by atoms with Crippen molar-refractivity contribution in [3.05, 3.63) is 34.9 Å². The van der Waals surface area contributed by atoms with Crippen LogP contribution in [0.3, 0.4) is 0 Å². The van der Waals surface area contributed by atoms with Crippen LogP contribution in [0.1, 0.15) is 64.3 Å². The normalized spacial score (nSPS) is 12.4. The van der Waals surface area contributed by atoms with Gasteiger partial charge in [0.05, 0.1) is 6.07 Å². The van der Waals surface area contributed by atoms with Crippen molar-refractivity contribution >= 4 is 17.9 Å². The maximum absolute atomic E-state index is 13.2. The monoisotopic (exact) mass is 430 g/mol. The Balaban J connectivity index is 3.26. The van der Waals surface area contributed by atoms with E-state index in [1.54, 1.807) is 26.8 Å². The molecule has 2 N–H and O–H groups in total. The SMILES string of the molecule is Cc1ccc(C(C(=O)NC(C)(C)C)N(CC#N)C(=O)CNC(=O)OC(C)(C)C)c(C)c1. The second kappa shape index (κ2) is 10.3. The summed E-state index contributed by atoms with van der Waals surface area (Å²) in [6.07, 6.45) is -0.750. The molecule has 0 aliphatic carbocycles. The Kier molecular flexibility index (Phi) is 8.62. The van der Waals surface area contributed by atoms with E-state index in [1.165, 1.54) is 4.90 Å². The van der Waals surface area contributed by atoms with Crippen LogP contribution in [0.5, 0.6) is 0 Å². The lowest BCUT2D eigenvalue weighted by Crippen LogP contribution is -2.51. The molecule has 1 rings (SSSR count). The number of ether oxygens (including phenoxy) is 1. The molecular weight excluding hydrogens is 396 g/mol. The molecule has 31 heavy (non-hydrogen) atoms. The summed E-state index contributed by atoms with van der Waals surface area (Å²) in [7, 11) is 0. The number of nitrogens with one attached hydrogen (secondary N) is 2. The Hall–Kier alpha value is -3.08. The van der Waals surface area contributed by atoms with Gasteiger partial charge in [0.2, 0.25) is 11.8 Å². The third kappa shape index (κ3) is 8.67. The third-order valence-electron chi connectivity index (χ3n) is 4.12. The number of nitriles is 1. The Morgan fingerprint density at radius 2 is 1.74 bits per heavy atom. The molecule has 0 heterocycles. The molecule has 0 spiro atoms. The lowest BCUT2D eigenvalue weighted by atomic mass is 9.96. The topological polar surface area (TPSA) is 112 Å². The van der Waals surface area contributed by atoms with E-state index in [2.05, 4.69) is 10.6 Å². The number of carbonyl (C=O) groups excluding carboxylic acids is 3. The molecule has 8 heteroatoms. The lowest BCUT2D eigenvalue weighted by molar-refractivity contribution is -0.140. The summed E-state index contributed by atoms with van der Waals surface area (Å²) in [6.45, 7) is 13.7. The number of hydrogen-bond acceptors (Lipinski definition) is 5. The number of hydrogen-bond donors (Lipinski definition) is 2. The summed E-state index contributed by atoms with van der Waals surface area (Å²) in [5.41, 5.74) is 1.21. The van der Waals surface area contributed by atoms with Gasteiger partial charge < -0.3 is 20.3 Å². The van der Waals surface area contributed by atoms with Crippen LogP contribution in [-0.2, 0) is 14.3 Å². The fourth-order valence-corrected chi connectivity index (χ4v) is 2.98. The van der Waals surface area contributed by atoms with E-state index in [0.29, 0.717) is 5.56 Å². The van der Waals surface area contributed by atoms with E-state index in [1.807, 2.05) is 52.8 Å². The van der Waals surface area contributed by atoms with Crippen LogP contribution >= 0.6 is 0 Å². The van der Waals surface area contributed by atoms with Crippen molar-refractivity contribution in [3.8, 4) is 6.07 Å². The molecule has 1 atom stereocenters. The van der Waals surface area contributed by atoms with E-state index in [0.717, 1.165) is 11.1 Å². The molecule has 0 radical (unpaired) electrons. The summed E-state index contributed by atoms with van der Waals surface area (Å²) in [4.78, 5) is 39.3. The van der Waals surface area contributed by atoms with E-state index < -0.39 is 41.6 Å². The van der Waals surface area contributed by atoms with Crippen molar-refractivity contribution in [1.29, 1.82) is 5.26 Å². The van der Waals surface area contributed by atoms with Crippen LogP contribution in [0.4, 0.5) is 4.79 Å². The number of carbonyl (C=O) groups is 3. The van der Waals surface area contributed by atoms with Gasteiger partial charge in [-0.15, -0.1) is 0 Å². The molecule has 0 bridgehead atoms. The van der Waals surface area contributed by atoms with Gasteiger partial charge in [0.1, 0.15) is 24.7 Å². The fourth-order valence-electron chi connectivity index (χ4n) is 2.98. The minimum atomic E-state index is -1.02. The lowest BCUT2D eigenvalue weighted by Gasteiger charge is -2.33. The number of benzene rings is 1. The number of amides is 3. The van der Waals surface area contributed by atoms with Crippen molar-refractivity contribution in [1.82, 2.24) is 15.5 Å². The summed E-state index contributed by atoms with van der Waals surface area (Å²) < 4.78 is 5.15. The van der Waals surface area contributed by atoms with Crippen molar-refractivity contribution in [2.45, 2.75) is 72.6 Å². The maximum Gasteiger partial charge on any atom is 0.408 e. The molecule has 170 valence electrons. The summed E-state index contributed by atoms with van der Waals surface area (Å²) in [6, 6.07) is 6.49. The average molecular weight is 431 g/mol. The first kappa shape index (κ1) is 26.0. The van der Waals surface area contributed by atoms with Gasteiger partial charge in [-0.25, -0.2) is 4.79 Å². The summed E-state index contributed by atoms with van der Waals surface area (Å²) in [5, 5.41) is 14.6. The highest BCUT2D eigenvalue weighted by Crippen LogP contribution is 2.26. The summed E-state index contributed by atoms with van der Waals surface area (Å²) >= 11 is 0. The number of alkyl carbamates (subject to hydrolysis) is 1. The molecule has 3 amide bonds. The van der Waals surface area contributed by atoms with Gasteiger partial charge in [-0.3, -0.25) is 9.59 Å². The molecular formula is C23H34N4O4. The van der Waals surface area contributed by atoms with Crippen LogP contribution in [0.2, 0.25) is 0 Å². The maximum atomic E-state index is 13.2. The van der Waals surface area contributed by atoms with Crippen LogP contribution in [0.15, 0.2) is 18.2 Å². The number of rotatable bonds is 6. The Labute approximate surface area is 184 Å². The van der Waals surface area contributed by atoms with Crippen molar-refractivity contribution in [2.75, 3.05) is 13.1 Å². The smallest absolute Gasteiger partial charge is 0.408 e. The fraction of sp³-hybridized carbons (Fsp3) is 0.565.